The third kappa shape index (κ3) is 4.66. The van der Waals surface area contributed by atoms with E-state index >= 15 is 0 Å². The summed E-state index contributed by atoms with van der Waals surface area (Å²) in [7, 11) is 0. The van der Waals surface area contributed by atoms with Crippen molar-refractivity contribution in [3.8, 4) is 16.8 Å². The number of pyridine rings is 1. The maximum atomic E-state index is 13.3. The first-order chi connectivity index (χ1) is 17.1. The van der Waals surface area contributed by atoms with Crippen LogP contribution in [0.2, 0.25) is 10.0 Å². The van der Waals surface area contributed by atoms with E-state index in [1.54, 1.807) is 28.8 Å². The smallest absolute Gasteiger partial charge is 0.255 e. The molecule has 2 N–H and O–H groups in total. The van der Waals surface area contributed by atoms with Gasteiger partial charge in [-0.25, -0.2) is 0 Å². The molecule has 36 heavy (non-hydrogen) atoms. The van der Waals surface area contributed by atoms with Crippen molar-refractivity contribution in [1.29, 1.82) is 0 Å². The van der Waals surface area contributed by atoms with Gasteiger partial charge in [-0.15, -0.1) is 0 Å². The van der Waals surface area contributed by atoms with Crippen LogP contribution >= 0.6 is 23.2 Å². The molecule has 1 aromatic heterocycles. The van der Waals surface area contributed by atoms with Gasteiger partial charge in [0.1, 0.15) is 0 Å². The van der Waals surface area contributed by atoms with Crippen LogP contribution in [0.5, 0.6) is 0 Å². The number of para-hydroxylation sites is 1. The molecule has 0 spiro atoms. The summed E-state index contributed by atoms with van der Waals surface area (Å²) in [5.41, 5.74) is 11.4. The van der Waals surface area contributed by atoms with Crippen LogP contribution in [0.25, 0.3) is 27.7 Å². The van der Waals surface area contributed by atoms with E-state index in [-0.39, 0.29) is 11.1 Å². The van der Waals surface area contributed by atoms with Gasteiger partial charge >= 0.3 is 0 Å². The van der Waals surface area contributed by atoms with Gasteiger partial charge in [0.25, 0.3) is 5.56 Å². The van der Waals surface area contributed by atoms with Gasteiger partial charge in [0.05, 0.1) is 21.2 Å². The van der Waals surface area contributed by atoms with Crippen LogP contribution < -0.4 is 11.3 Å². The first-order valence-corrected chi connectivity index (χ1v) is 13.1. The SMILES string of the molecule is CC(C)(C)N1CCC(c2cc(-c3cccc(N)c3)c3ccc(=O)n(-c4c(Cl)cccc4Cl)c3c2)CC1. The zero-order valence-corrected chi connectivity index (χ0v) is 22.4. The van der Waals surface area contributed by atoms with Gasteiger partial charge in [0.15, 0.2) is 0 Å². The van der Waals surface area contributed by atoms with E-state index < -0.39 is 0 Å². The second-order valence-corrected chi connectivity index (χ2v) is 11.5. The minimum Gasteiger partial charge on any atom is -0.399 e. The third-order valence-electron chi connectivity index (χ3n) is 7.31. The van der Waals surface area contributed by atoms with Gasteiger partial charge in [0.2, 0.25) is 0 Å². The van der Waals surface area contributed by atoms with Crippen LogP contribution in [0, 0.1) is 0 Å². The van der Waals surface area contributed by atoms with Crippen LogP contribution in [-0.2, 0) is 0 Å². The minimum atomic E-state index is -0.171. The normalized spacial score (nSPS) is 15.5. The molecule has 0 atom stereocenters. The summed E-state index contributed by atoms with van der Waals surface area (Å²) < 4.78 is 1.66. The molecule has 1 saturated heterocycles. The lowest BCUT2D eigenvalue weighted by atomic mass is 9.85. The lowest BCUT2D eigenvalue weighted by Gasteiger charge is -2.41. The number of anilines is 1. The molecule has 6 heteroatoms. The van der Waals surface area contributed by atoms with E-state index in [0.29, 0.717) is 27.3 Å². The van der Waals surface area contributed by atoms with Crippen molar-refractivity contribution < 1.29 is 0 Å². The molecule has 0 radical (unpaired) electrons. The highest BCUT2D eigenvalue weighted by Gasteiger charge is 2.28. The molecule has 2 heterocycles. The van der Waals surface area contributed by atoms with Gasteiger partial charge in [0, 0.05) is 22.7 Å². The predicted molar refractivity (Wildman–Crippen MR) is 153 cm³/mol. The molecular formula is C30H31Cl2N3O. The maximum Gasteiger partial charge on any atom is 0.255 e. The van der Waals surface area contributed by atoms with Gasteiger partial charge in [-0.2, -0.15) is 0 Å². The Morgan fingerprint density at radius 1 is 0.889 bits per heavy atom. The fourth-order valence-corrected chi connectivity index (χ4v) is 5.93. The van der Waals surface area contributed by atoms with Crippen LogP contribution in [-0.4, -0.2) is 28.1 Å². The summed E-state index contributed by atoms with van der Waals surface area (Å²) in [6.45, 7) is 8.89. The molecule has 186 valence electrons. The summed E-state index contributed by atoms with van der Waals surface area (Å²) in [5, 5.41) is 1.82. The molecule has 1 fully saturated rings. The zero-order valence-electron chi connectivity index (χ0n) is 20.9. The lowest BCUT2D eigenvalue weighted by Crippen LogP contribution is -2.45. The van der Waals surface area contributed by atoms with E-state index in [1.165, 1.54) is 5.56 Å². The summed E-state index contributed by atoms with van der Waals surface area (Å²) >= 11 is 13.2. The second kappa shape index (κ2) is 9.59. The van der Waals surface area contributed by atoms with Crippen molar-refractivity contribution in [3.05, 3.63) is 92.7 Å². The average molecular weight is 521 g/mol. The highest BCUT2D eigenvalue weighted by atomic mass is 35.5. The molecular weight excluding hydrogens is 489 g/mol. The number of fused-ring (bicyclic) bond motifs is 1. The van der Waals surface area contributed by atoms with E-state index in [4.69, 9.17) is 28.9 Å². The largest absolute Gasteiger partial charge is 0.399 e. The summed E-state index contributed by atoms with van der Waals surface area (Å²) in [5.74, 6) is 0.387. The van der Waals surface area contributed by atoms with Crippen molar-refractivity contribution in [2.45, 2.75) is 45.1 Å². The number of halogens is 2. The van der Waals surface area contributed by atoms with E-state index in [1.807, 2.05) is 24.3 Å². The number of nitrogens with zero attached hydrogens (tertiary/aromatic N) is 2. The zero-order chi connectivity index (χ0) is 25.6. The van der Waals surface area contributed by atoms with Crippen molar-refractivity contribution >= 4 is 39.8 Å². The molecule has 4 aromatic rings. The minimum absolute atomic E-state index is 0.155. The molecule has 4 nitrogen and oxygen atoms in total. The Bertz CT molecular complexity index is 1470. The number of piperidine rings is 1. The van der Waals surface area contributed by atoms with E-state index in [0.717, 1.165) is 48.0 Å². The van der Waals surface area contributed by atoms with Gasteiger partial charge in [-0.1, -0.05) is 47.5 Å². The van der Waals surface area contributed by atoms with Gasteiger partial charge < -0.3 is 5.73 Å². The first-order valence-electron chi connectivity index (χ1n) is 12.4. The number of benzene rings is 3. The highest BCUT2D eigenvalue weighted by molar-refractivity contribution is 6.37. The molecule has 3 aromatic carbocycles. The third-order valence-corrected chi connectivity index (χ3v) is 7.92. The second-order valence-electron chi connectivity index (χ2n) is 10.6. The molecule has 0 saturated carbocycles. The summed E-state index contributed by atoms with van der Waals surface area (Å²) in [6.07, 6.45) is 2.12. The van der Waals surface area contributed by atoms with E-state index in [2.05, 4.69) is 43.9 Å². The quantitative estimate of drug-likeness (QED) is 0.284. The monoisotopic (exact) mass is 519 g/mol. The number of rotatable bonds is 3. The Labute approximate surface area is 222 Å². The van der Waals surface area contributed by atoms with Gasteiger partial charge in [-0.05, 0) is 106 Å². The Kier molecular flexibility index (Phi) is 6.63. The molecule has 0 aliphatic carbocycles. The number of hydrogen-bond donors (Lipinski definition) is 1. The van der Waals surface area contributed by atoms with E-state index in [9.17, 15) is 4.79 Å². The number of aromatic nitrogens is 1. The molecule has 0 unspecified atom stereocenters. The van der Waals surface area contributed by atoms with Gasteiger partial charge in [-0.3, -0.25) is 14.3 Å². The fraction of sp³-hybridized carbons (Fsp3) is 0.300. The van der Waals surface area contributed by atoms with Crippen LogP contribution in [0.15, 0.2) is 71.5 Å². The standard InChI is InChI=1S/C30H31Cl2N3O/c1-30(2,3)34-14-12-19(13-15-34)21-17-24(20-6-4-7-22(33)16-20)23-10-11-28(36)35(27(23)18-21)29-25(31)8-5-9-26(29)32/h4-11,16-19H,12-15,33H2,1-3H3. The average Bonchev–Trinajstić information content (AvgIpc) is 2.84. The van der Waals surface area contributed by atoms with Crippen LogP contribution in [0.3, 0.4) is 0 Å². The topological polar surface area (TPSA) is 51.3 Å². The summed E-state index contributed by atoms with van der Waals surface area (Å²) in [6, 6.07) is 21.1. The Hall–Kier alpha value is -2.79. The van der Waals surface area contributed by atoms with Crippen molar-refractivity contribution in [1.82, 2.24) is 9.47 Å². The van der Waals surface area contributed by atoms with Crippen molar-refractivity contribution in [3.63, 3.8) is 0 Å². The highest BCUT2D eigenvalue weighted by Crippen LogP contribution is 2.39. The number of nitrogen functional groups attached to an aromatic ring is 1. The Morgan fingerprint density at radius 2 is 1.56 bits per heavy atom. The Morgan fingerprint density at radius 3 is 2.19 bits per heavy atom. The molecule has 0 bridgehead atoms. The molecule has 1 aliphatic heterocycles. The van der Waals surface area contributed by atoms with Crippen molar-refractivity contribution in [2.24, 2.45) is 0 Å². The fourth-order valence-electron chi connectivity index (χ4n) is 5.37. The number of nitrogens with two attached hydrogens (primary N) is 1. The summed E-state index contributed by atoms with van der Waals surface area (Å²) in [4.78, 5) is 15.8. The first kappa shape index (κ1) is 24.9. The lowest BCUT2D eigenvalue weighted by molar-refractivity contribution is 0.102. The van der Waals surface area contributed by atoms with Crippen molar-refractivity contribution in [2.75, 3.05) is 18.8 Å². The molecule has 0 amide bonds. The number of likely N-dealkylation sites (tertiary alicyclic amines) is 1. The Balaban J connectivity index is 1.75. The molecule has 5 rings (SSSR count). The van der Waals surface area contributed by atoms with Crippen LogP contribution in [0.1, 0.15) is 45.1 Å². The van der Waals surface area contributed by atoms with Crippen LogP contribution in [0.4, 0.5) is 5.69 Å². The predicted octanol–water partition coefficient (Wildman–Crippen LogP) is 7.52. The number of hydrogen-bond acceptors (Lipinski definition) is 3. The maximum absolute atomic E-state index is 13.3. The molecule has 1 aliphatic rings.